The van der Waals surface area contributed by atoms with Crippen LogP contribution in [0.1, 0.15) is 23.1 Å². The van der Waals surface area contributed by atoms with Gasteiger partial charge in [-0.1, -0.05) is 12.2 Å². The van der Waals surface area contributed by atoms with Crippen molar-refractivity contribution in [3.8, 4) is 0 Å². The molecule has 0 saturated carbocycles. The number of carbonyl (C=O) groups excluding carboxylic acids is 1. The summed E-state index contributed by atoms with van der Waals surface area (Å²) in [6.07, 6.45) is -6.38. The van der Waals surface area contributed by atoms with Gasteiger partial charge in [-0.05, 0) is 23.8 Å². The van der Waals surface area contributed by atoms with E-state index in [1.165, 1.54) is 6.29 Å². The molecule has 0 spiro atoms. The molecule has 1 aromatic rings. The Balaban J connectivity index is 3.28. The average Bonchev–Trinajstić information content (AvgIpc) is 2.27. The summed E-state index contributed by atoms with van der Waals surface area (Å²) in [6.45, 7) is 0. The Kier molecular flexibility index (Phi) is 4.39. The number of alkyl halides is 6. The highest BCUT2D eigenvalue weighted by atomic mass is 19.4. The normalized spacial score (nSPS) is 12.9. The summed E-state index contributed by atoms with van der Waals surface area (Å²) >= 11 is 0. The van der Waals surface area contributed by atoms with Crippen molar-refractivity contribution in [3.63, 3.8) is 0 Å². The standard InChI is InChI=1S/C12H7F6O/c13-11(14,15)9-5-8(3-1-2-4-19)6-10(7-9)12(16,17)18/h1,3,5-7H,2H2. The van der Waals surface area contributed by atoms with Gasteiger partial charge in [-0.2, -0.15) is 26.3 Å². The van der Waals surface area contributed by atoms with E-state index in [-0.39, 0.29) is 18.1 Å². The third-order valence-corrected chi connectivity index (χ3v) is 2.12. The molecule has 0 saturated heterocycles. The van der Waals surface area contributed by atoms with E-state index in [1.54, 1.807) is 0 Å². The molecule has 0 aliphatic heterocycles. The second kappa shape index (κ2) is 5.46. The van der Waals surface area contributed by atoms with E-state index in [0.717, 1.165) is 12.2 Å². The van der Waals surface area contributed by atoms with Gasteiger partial charge in [0.1, 0.15) is 0 Å². The maximum Gasteiger partial charge on any atom is 0.416 e. The van der Waals surface area contributed by atoms with Gasteiger partial charge >= 0.3 is 12.4 Å². The molecule has 1 radical (unpaired) electrons. The van der Waals surface area contributed by atoms with Crippen LogP contribution in [0.4, 0.5) is 26.3 Å². The van der Waals surface area contributed by atoms with Crippen molar-refractivity contribution in [2.75, 3.05) is 0 Å². The maximum absolute atomic E-state index is 12.5. The zero-order chi connectivity index (χ0) is 14.7. The molecule has 103 valence electrons. The highest BCUT2D eigenvalue weighted by Crippen LogP contribution is 2.36. The smallest absolute Gasteiger partial charge is 0.291 e. The highest BCUT2D eigenvalue weighted by molar-refractivity contribution is 5.59. The summed E-state index contributed by atoms with van der Waals surface area (Å²) in [5.74, 6) is 0. The Labute approximate surface area is 104 Å². The number of benzene rings is 1. The third kappa shape index (κ3) is 4.42. The molecule has 19 heavy (non-hydrogen) atoms. The molecule has 0 aromatic heterocycles. The predicted molar refractivity (Wildman–Crippen MR) is 55.8 cm³/mol. The maximum atomic E-state index is 12.5. The summed E-state index contributed by atoms with van der Waals surface area (Å²) in [5.41, 5.74) is -3.06. The number of halogens is 6. The van der Waals surface area contributed by atoms with Gasteiger partial charge in [0.2, 0.25) is 6.29 Å². The number of hydrogen-bond donors (Lipinski definition) is 0. The second-order valence-electron chi connectivity index (χ2n) is 3.59. The van der Waals surface area contributed by atoms with Crippen molar-refractivity contribution in [1.82, 2.24) is 0 Å². The SMILES string of the molecule is O=[C]CC=Cc1cc(C(F)(F)F)cc(C(F)(F)F)c1. The van der Waals surface area contributed by atoms with Crippen molar-refractivity contribution in [2.45, 2.75) is 18.8 Å². The second-order valence-corrected chi connectivity index (χ2v) is 3.59. The van der Waals surface area contributed by atoms with Crippen LogP contribution in [0.3, 0.4) is 0 Å². The van der Waals surface area contributed by atoms with Crippen LogP contribution in [0.2, 0.25) is 0 Å². The fraction of sp³-hybridized carbons (Fsp3) is 0.250. The molecule has 0 fully saturated rings. The first-order valence-electron chi connectivity index (χ1n) is 4.95. The molecule has 0 atom stereocenters. The van der Waals surface area contributed by atoms with Crippen LogP contribution in [0.5, 0.6) is 0 Å². The topological polar surface area (TPSA) is 17.1 Å². The molecule has 1 aromatic carbocycles. The van der Waals surface area contributed by atoms with Gasteiger partial charge in [-0.15, -0.1) is 0 Å². The molecule has 0 unspecified atom stereocenters. The summed E-state index contributed by atoms with van der Waals surface area (Å²) in [7, 11) is 0. The molecule has 0 bridgehead atoms. The van der Waals surface area contributed by atoms with Crippen LogP contribution >= 0.6 is 0 Å². The molecule has 0 N–H and O–H groups in total. The lowest BCUT2D eigenvalue weighted by Crippen LogP contribution is -2.11. The van der Waals surface area contributed by atoms with Gasteiger partial charge in [-0.3, -0.25) is 4.79 Å². The fourth-order valence-electron chi connectivity index (χ4n) is 1.32. The molecular weight excluding hydrogens is 274 g/mol. The zero-order valence-electron chi connectivity index (χ0n) is 9.27. The monoisotopic (exact) mass is 281 g/mol. The van der Waals surface area contributed by atoms with Gasteiger partial charge in [0.05, 0.1) is 11.1 Å². The van der Waals surface area contributed by atoms with E-state index >= 15 is 0 Å². The Morgan fingerprint density at radius 3 is 1.79 bits per heavy atom. The van der Waals surface area contributed by atoms with Crippen molar-refractivity contribution in [2.24, 2.45) is 0 Å². The summed E-state index contributed by atoms with van der Waals surface area (Å²) in [4.78, 5) is 9.91. The van der Waals surface area contributed by atoms with E-state index in [1.807, 2.05) is 0 Å². The molecule has 0 amide bonds. The fourth-order valence-corrected chi connectivity index (χ4v) is 1.32. The van der Waals surface area contributed by atoms with Crippen LogP contribution in [0.25, 0.3) is 6.08 Å². The highest BCUT2D eigenvalue weighted by Gasteiger charge is 2.36. The Morgan fingerprint density at radius 1 is 0.947 bits per heavy atom. The number of allylic oxidation sites excluding steroid dienone is 1. The van der Waals surface area contributed by atoms with Gasteiger partial charge in [0, 0.05) is 6.42 Å². The first kappa shape index (κ1) is 15.3. The van der Waals surface area contributed by atoms with Crippen LogP contribution < -0.4 is 0 Å². The molecule has 0 aliphatic carbocycles. The van der Waals surface area contributed by atoms with E-state index in [2.05, 4.69) is 0 Å². The Hall–Kier alpha value is -1.79. The van der Waals surface area contributed by atoms with Crippen molar-refractivity contribution >= 4 is 12.4 Å². The summed E-state index contributed by atoms with van der Waals surface area (Å²) in [6, 6.07) is 1.20. The third-order valence-electron chi connectivity index (χ3n) is 2.12. The largest absolute Gasteiger partial charge is 0.416 e. The molecule has 1 rings (SSSR count). The lowest BCUT2D eigenvalue weighted by atomic mass is 10.0. The first-order chi connectivity index (χ1) is 8.64. The zero-order valence-corrected chi connectivity index (χ0v) is 9.27. The van der Waals surface area contributed by atoms with Crippen molar-refractivity contribution < 1.29 is 31.1 Å². The van der Waals surface area contributed by atoms with E-state index in [9.17, 15) is 31.1 Å². The Morgan fingerprint density at radius 2 is 1.42 bits per heavy atom. The van der Waals surface area contributed by atoms with Crippen LogP contribution in [0, 0.1) is 0 Å². The number of hydrogen-bond acceptors (Lipinski definition) is 1. The van der Waals surface area contributed by atoms with E-state index in [0.29, 0.717) is 12.1 Å². The van der Waals surface area contributed by atoms with E-state index in [4.69, 9.17) is 0 Å². The first-order valence-corrected chi connectivity index (χ1v) is 4.95. The molecule has 1 nitrogen and oxygen atoms in total. The van der Waals surface area contributed by atoms with Crippen LogP contribution in [-0.4, -0.2) is 6.29 Å². The minimum atomic E-state index is -4.87. The summed E-state index contributed by atoms with van der Waals surface area (Å²) in [5, 5.41) is 0. The molecule has 0 heterocycles. The predicted octanol–water partition coefficient (Wildman–Crippen LogP) is 4.24. The molecule has 0 aliphatic rings. The molecular formula is C12H7F6O. The van der Waals surface area contributed by atoms with Crippen molar-refractivity contribution in [3.05, 3.63) is 41.0 Å². The average molecular weight is 281 g/mol. The minimum Gasteiger partial charge on any atom is -0.291 e. The molecule has 7 heteroatoms. The number of rotatable bonds is 3. The quantitative estimate of drug-likeness (QED) is 0.757. The minimum absolute atomic E-state index is 0.0448. The lowest BCUT2D eigenvalue weighted by molar-refractivity contribution is -0.143. The van der Waals surface area contributed by atoms with Crippen molar-refractivity contribution in [1.29, 1.82) is 0 Å². The Bertz CT molecular complexity index is 452. The van der Waals surface area contributed by atoms with Crippen LogP contribution in [0.15, 0.2) is 24.3 Å². The van der Waals surface area contributed by atoms with Gasteiger partial charge in [-0.25, -0.2) is 0 Å². The summed E-state index contributed by atoms with van der Waals surface area (Å²) < 4.78 is 74.8. The van der Waals surface area contributed by atoms with Gasteiger partial charge < -0.3 is 0 Å². The lowest BCUT2D eigenvalue weighted by Gasteiger charge is -2.12. The van der Waals surface area contributed by atoms with Crippen LogP contribution in [-0.2, 0) is 17.1 Å². The van der Waals surface area contributed by atoms with Gasteiger partial charge in [0.25, 0.3) is 0 Å². The van der Waals surface area contributed by atoms with E-state index < -0.39 is 23.5 Å². The van der Waals surface area contributed by atoms with Gasteiger partial charge in [0.15, 0.2) is 0 Å².